The zero-order valence-corrected chi connectivity index (χ0v) is 16.4. The maximum atomic E-state index is 5.38. The van der Waals surface area contributed by atoms with Gasteiger partial charge in [-0.15, -0.1) is 0 Å². The van der Waals surface area contributed by atoms with E-state index in [0.29, 0.717) is 6.04 Å². The number of nitrogens with two attached hydrogens (primary N) is 1. The van der Waals surface area contributed by atoms with Crippen molar-refractivity contribution >= 4 is 0 Å². The van der Waals surface area contributed by atoms with E-state index in [9.17, 15) is 0 Å². The Balaban J connectivity index is 0.000000314. The number of aromatic amines is 1. The van der Waals surface area contributed by atoms with Crippen molar-refractivity contribution in [2.75, 3.05) is 0 Å². The summed E-state index contributed by atoms with van der Waals surface area (Å²) in [5, 5.41) is 3.38. The molecule has 1 fully saturated rings. The van der Waals surface area contributed by atoms with Crippen LogP contribution in [0.15, 0.2) is 60.7 Å². The summed E-state index contributed by atoms with van der Waals surface area (Å²) in [6.45, 7) is 0.821. The molecule has 0 aliphatic heterocycles. The third kappa shape index (κ3) is 5.62. The second-order valence-electron chi connectivity index (χ2n) is 6.34. The molecule has 4 nitrogen and oxygen atoms in total. The molecule has 4 rings (SSSR count). The molecule has 0 saturated heterocycles. The summed E-state index contributed by atoms with van der Waals surface area (Å²) in [5.41, 5.74) is 7.92. The Morgan fingerprint density at radius 1 is 1.00 bits per heavy atom. The number of H-pyrrole nitrogens is 1. The van der Waals surface area contributed by atoms with Crippen LogP contribution in [0.2, 0.25) is 0 Å². The Labute approximate surface area is 159 Å². The minimum absolute atomic E-state index is 0.565. The standard InChI is InChI=1S/C16H15N3.C4H9N.Pt/c1-3-7-14(8-4-1)11-16-17-13-19(18-16)12-15-9-5-2-6-10-15;5-4-2-1-3-4;/h1-10H,11-12H2,(H,17,18);4H,1-3,5H2;. The molecule has 2 aromatic carbocycles. The molecule has 3 aromatic rings. The molecule has 0 atom stereocenters. The third-order valence-electron chi connectivity index (χ3n) is 4.24. The van der Waals surface area contributed by atoms with Crippen LogP contribution in [0, 0.1) is 3.80 Å². The van der Waals surface area contributed by atoms with Gasteiger partial charge in [-0.25, -0.2) is 0 Å². The maximum absolute atomic E-state index is 5.38. The molecule has 1 heterocycles. The van der Waals surface area contributed by atoms with Gasteiger partial charge in [-0.3, -0.25) is 0 Å². The number of nitrogens with zero attached hydrogens (tertiary/aromatic N) is 2. The summed E-state index contributed by atoms with van der Waals surface area (Å²) in [6, 6.07) is 21.4. The number of hydrogen-bond acceptors (Lipinski definition) is 2. The van der Waals surface area contributed by atoms with Gasteiger partial charge in [-0.05, 0) is 12.8 Å². The van der Waals surface area contributed by atoms with E-state index in [1.165, 1.54) is 30.4 Å². The van der Waals surface area contributed by atoms with Crippen LogP contribution in [0.3, 0.4) is 0 Å². The van der Waals surface area contributed by atoms with E-state index in [0.717, 1.165) is 22.6 Å². The zero-order valence-electron chi connectivity index (χ0n) is 14.2. The number of hydrogen-bond donors (Lipinski definition) is 2. The number of rotatable bonds is 4. The number of aromatic nitrogens is 3. The van der Waals surface area contributed by atoms with Crippen molar-refractivity contribution in [3.63, 3.8) is 0 Å². The predicted octanol–water partition coefficient (Wildman–Crippen LogP) is 3.43. The van der Waals surface area contributed by atoms with Gasteiger partial charge in [0, 0.05) is 6.04 Å². The first-order chi connectivity index (χ1) is 12.2. The second-order valence-corrected chi connectivity index (χ2v) is 7.35. The first-order valence-corrected chi connectivity index (χ1v) is 9.79. The Bertz CT molecular complexity index is 820. The van der Waals surface area contributed by atoms with E-state index in [-0.39, 0.29) is 0 Å². The first-order valence-electron chi connectivity index (χ1n) is 8.65. The van der Waals surface area contributed by atoms with Crippen LogP contribution in [0.4, 0.5) is 0 Å². The average molecular weight is 516 g/mol. The predicted molar refractivity (Wildman–Crippen MR) is 96.4 cm³/mol. The van der Waals surface area contributed by atoms with Crippen LogP contribution in [0.1, 0.15) is 36.2 Å². The fraction of sp³-hybridized carbons (Fsp3) is 0.300. The van der Waals surface area contributed by atoms with Gasteiger partial charge in [-0.2, -0.15) is 0 Å². The summed E-state index contributed by atoms with van der Waals surface area (Å²) in [6.07, 6.45) is 4.72. The van der Waals surface area contributed by atoms with Crippen LogP contribution in [0.25, 0.3) is 0 Å². The molecular weight excluding hydrogens is 491 g/mol. The van der Waals surface area contributed by atoms with E-state index >= 15 is 0 Å². The van der Waals surface area contributed by atoms with E-state index < -0.39 is 0 Å². The normalized spacial score (nSPS) is 13.7. The van der Waals surface area contributed by atoms with Crippen LogP contribution >= 0.6 is 0 Å². The van der Waals surface area contributed by atoms with Crippen LogP contribution in [-0.2, 0) is 32.3 Å². The Morgan fingerprint density at radius 2 is 1.56 bits per heavy atom. The van der Waals surface area contributed by atoms with Crippen molar-refractivity contribution in [3.8, 4) is 0 Å². The Kier molecular flexibility index (Phi) is 6.54. The minimum atomic E-state index is 0.565. The van der Waals surface area contributed by atoms with Crippen molar-refractivity contribution in [1.29, 1.82) is 0 Å². The molecule has 25 heavy (non-hydrogen) atoms. The van der Waals surface area contributed by atoms with Crippen molar-refractivity contribution in [2.24, 2.45) is 5.73 Å². The summed E-state index contributed by atoms with van der Waals surface area (Å²) in [4.78, 5) is 4.60. The van der Waals surface area contributed by atoms with Crippen molar-refractivity contribution in [2.45, 2.75) is 38.3 Å². The van der Waals surface area contributed by atoms with Crippen LogP contribution in [-0.4, -0.2) is 20.8 Å². The van der Waals surface area contributed by atoms with Gasteiger partial charge in [0.2, 0.25) is 0 Å². The molecule has 1 aliphatic rings. The summed E-state index contributed by atoms with van der Waals surface area (Å²) in [7, 11) is 0. The van der Waals surface area contributed by atoms with E-state index in [2.05, 4.69) is 82.6 Å². The molecule has 1 aliphatic carbocycles. The number of benzene rings is 2. The number of nitrogens with one attached hydrogen (secondary N) is 1. The second kappa shape index (κ2) is 9.07. The van der Waals surface area contributed by atoms with Crippen molar-refractivity contribution in [3.05, 3.63) is 81.4 Å². The Morgan fingerprint density at radius 3 is 2.08 bits per heavy atom. The summed E-state index contributed by atoms with van der Waals surface area (Å²) < 4.78 is 3.06. The fourth-order valence-electron chi connectivity index (χ4n) is 2.56. The molecule has 1 aromatic heterocycles. The molecule has 134 valence electrons. The summed E-state index contributed by atoms with van der Waals surface area (Å²) >= 11 is 2.25. The van der Waals surface area contributed by atoms with Gasteiger partial charge in [0.15, 0.2) is 0 Å². The average Bonchev–Trinajstić information content (AvgIpc) is 2.94. The Hall–Kier alpha value is -1.77. The summed E-state index contributed by atoms with van der Waals surface area (Å²) in [5.74, 6) is 0.997. The zero-order chi connectivity index (χ0) is 17.5. The molecule has 0 bridgehead atoms. The van der Waals surface area contributed by atoms with E-state index in [1.54, 1.807) is 0 Å². The van der Waals surface area contributed by atoms with E-state index in [1.807, 2.05) is 12.1 Å². The van der Waals surface area contributed by atoms with Gasteiger partial charge in [0.25, 0.3) is 0 Å². The van der Waals surface area contributed by atoms with Gasteiger partial charge in [0.05, 0.1) is 0 Å². The fourth-order valence-corrected chi connectivity index (χ4v) is 3.17. The van der Waals surface area contributed by atoms with Crippen molar-refractivity contribution < 1.29 is 19.4 Å². The van der Waals surface area contributed by atoms with Crippen LogP contribution < -0.4 is 5.73 Å². The molecule has 0 amide bonds. The molecular formula is C20H24N4Pt. The molecule has 5 heteroatoms. The van der Waals surface area contributed by atoms with Gasteiger partial charge in [-0.1, -0.05) is 6.42 Å². The molecule has 1 saturated carbocycles. The molecule has 3 N–H and O–H groups in total. The van der Waals surface area contributed by atoms with Gasteiger partial charge < -0.3 is 5.73 Å². The third-order valence-corrected chi connectivity index (χ3v) is 5.11. The van der Waals surface area contributed by atoms with Crippen LogP contribution in [0.5, 0.6) is 0 Å². The first kappa shape index (κ1) is 18.0. The SMILES string of the molecule is NC1CCC1.[Pt]=[c]1nc(Cc2ccccc2)[nH]n1Cc1ccccc1. The monoisotopic (exact) mass is 515 g/mol. The molecule has 0 radical (unpaired) electrons. The quantitative estimate of drug-likeness (QED) is 0.560. The topological polar surface area (TPSA) is 59.6 Å². The van der Waals surface area contributed by atoms with Crippen molar-refractivity contribution in [1.82, 2.24) is 14.8 Å². The van der Waals surface area contributed by atoms with Gasteiger partial charge in [0.1, 0.15) is 0 Å². The van der Waals surface area contributed by atoms with E-state index in [4.69, 9.17) is 5.73 Å². The molecule has 0 unspecified atom stereocenters. The van der Waals surface area contributed by atoms with Gasteiger partial charge >= 0.3 is 129 Å². The molecule has 0 spiro atoms.